The van der Waals surface area contributed by atoms with Gasteiger partial charge in [-0.3, -0.25) is 4.90 Å². The van der Waals surface area contributed by atoms with Gasteiger partial charge in [0.2, 0.25) is 0 Å². The van der Waals surface area contributed by atoms with Gasteiger partial charge in [-0.2, -0.15) is 0 Å². The van der Waals surface area contributed by atoms with Crippen molar-refractivity contribution in [2.75, 3.05) is 19.6 Å². The SMILES string of the molecule is CCN(CC)C(CN)c1ccc(C)c(Cl)c1. The van der Waals surface area contributed by atoms with Crippen LogP contribution in [0.15, 0.2) is 18.2 Å². The number of hydrogen-bond acceptors (Lipinski definition) is 2. The van der Waals surface area contributed by atoms with E-state index in [1.165, 1.54) is 5.56 Å². The maximum Gasteiger partial charge on any atom is 0.0470 e. The molecule has 0 amide bonds. The first kappa shape index (κ1) is 13.5. The molecule has 0 fully saturated rings. The summed E-state index contributed by atoms with van der Waals surface area (Å²) >= 11 is 6.15. The number of halogens is 1. The fourth-order valence-corrected chi connectivity index (χ4v) is 2.17. The van der Waals surface area contributed by atoms with Gasteiger partial charge in [0.1, 0.15) is 0 Å². The Labute approximate surface area is 103 Å². The van der Waals surface area contributed by atoms with E-state index in [1.54, 1.807) is 0 Å². The standard InChI is InChI=1S/C13H21ClN2/c1-4-16(5-2)13(9-15)11-7-6-10(3)12(14)8-11/h6-8,13H,4-5,9,15H2,1-3H3. The molecule has 0 spiro atoms. The van der Waals surface area contributed by atoms with Gasteiger partial charge in [0.15, 0.2) is 0 Å². The van der Waals surface area contributed by atoms with Gasteiger partial charge in [-0.1, -0.05) is 37.6 Å². The van der Waals surface area contributed by atoms with Crippen molar-refractivity contribution in [2.24, 2.45) is 5.73 Å². The lowest BCUT2D eigenvalue weighted by atomic mass is 10.0. The lowest BCUT2D eigenvalue weighted by Crippen LogP contribution is -2.33. The highest BCUT2D eigenvalue weighted by Crippen LogP contribution is 2.24. The van der Waals surface area contributed by atoms with Gasteiger partial charge < -0.3 is 5.73 Å². The zero-order valence-electron chi connectivity index (χ0n) is 10.3. The highest BCUT2D eigenvalue weighted by Gasteiger charge is 2.16. The molecule has 0 aliphatic carbocycles. The molecule has 0 aliphatic heterocycles. The lowest BCUT2D eigenvalue weighted by Gasteiger charge is -2.29. The average molecular weight is 241 g/mol. The third kappa shape index (κ3) is 2.97. The summed E-state index contributed by atoms with van der Waals surface area (Å²) in [4.78, 5) is 2.35. The van der Waals surface area contributed by atoms with Crippen molar-refractivity contribution in [3.8, 4) is 0 Å². The number of nitrogens with zero attached hydrogens (tertiary/aromatic N) is 1. The molecule has 0 bridgehead atoms. The summed E-state index contributed by atoms with van der Waals surface area (Å²) in [6.07, 6.45) is 0. The average Bonchev–Trinajstić information content (AvgIpc) is 2.29. The number of hydrogen-bond donors (Lipinski definition) is 1. The molecule has 3 heteroatoms. The Morgan fingerprint density at radius 2 is 1.94 bits per heavy atom. The fourth-order valence-electron chi connectivity index (χ4n) is 1.98. The molecular weight excluding hydrogens is 220 g/mol. The van der Waals surface area contributed by atoms with Crippen molar-refractivity contribution in [2.45, 2.75) is 26.8 Å². The molecule has 1 atom stereocenters. The van der Waals surface area contributed by atoms with Crippen LogP contribution in [0.4, 0.5) is 0 Å². The molecule has 0 radical (unpaired) electrons. The first-order valence-corrected chi connectivity index (χ1v) is 6.22. The van der Waals surface area contributed by atoms with Crippen molar-refractivity contribution < 1.29 is 0 Å². The van der Waals surface area contributed by atoms with Crippen LogP contribution in [-0.4, -0.2) is 24.5 Å². The van der Waals surface area contributed by atoms with E-state index in [0.29, 0.717) is 6.54 Å². The van der Waals surface area contributed by atoms with Crippen LogP contribution in [0.25, 0.3) is 0 Å². The minimum Gasteiger partial charge on any atom is -0.329 e. The van der Waals surface area contributed by atoms with Crippen molar-refractivity contribution in [3.05, 3.63) is 34.3 Å². The Balaban J connectivity index is 2.98. The summed E-state index contributed by atoms with van der Waals surface area (Å²) in [5.74, 6) is 0. The first-order chi connectivity index (χ1) is 7.63. The summed E-state index contributed by atoms with van der Waals surface area (Å²) in [5, 5.41) is 0.822. The molecule has 1 unspecified atom stereocenters. The maximum absolute atomic E-state index is 6.15. The molecule has 2 nitrogen and oxygen atoms in total. The summed E-state index contributed by atoms with van der Waals surface area (Å²) in [6, 6.07) is 6.49. The Hall–Kier alpha value is -0.570. The number of rotatable bonds is 5. The zero-order chi connectivity index (χ0) is 12.1. The van der Waals surface area contributed by atoms with Gasteiger partial charge in [0.05, 0.1) is 0 Å². The van der Waals surface area contributed by atoms with E-state index in [2.05, 4.69) is 30.9 Å². The highest BCUT2D eigenvalue weighted by atomic mass is 35.5. The molecule has 0 saturated heterocycles. The van der Waals surface area contributed by atoms with Gasteiger partial charge in [0, 0.05) is 17.6 Å². The van der Waals surface area contributed by atoms with E-state index in [1.807, 2.05) is 13.0 Å². The van der Waals surface area contributed by atoms with Crippen LogP contribution in [0.2, 0.25) is 5.02 Å². The van der Waals surface area contributed by atoms with Crippen LogP contribution >= 0.6 is 11.6 Å². The molecule has 0 saturated carbocycles. The predicted octanol–water partition coefficient (Wildman–Crippen LogP) is 2.99. The second-order valence-electron chi connectivity index (χ2n) is 3.98. The topological polar surface area (TPSA) is 29.3 Å². The molecule has 90 valence electrons. The minimum absolute atomic E-state index is 0.271. The van der Waals surface area contributed by atoms with Crippen LogP contribution in [0.1, 0.15) is 31.0 Å². The number of benzene rings is 1. The normalized spacial score (nSPS) is 13.1. The van der Waals surface area contributed by atoms with Gasteiger partial charge in [-0.15, -0.1) is 0 Å². The lowest BCUT2D eigenvalue weighted by molar-refractivity contribution is 0.224. The Kier molecular flexibility index (Phi) is 5.26. The molecule has 0 aromatic heterocycles. The predicted molar refractivity (Wildman–Crippen MR) is 70.9 cm³/mol. The number of likely N-dealkylation sites (N-methyl/N-ethyl adjacent to an activating group) is 1. The molecule has 1 aromatic carbocycles. The Bertz CT molecular complexity index is 335. The molecular formula is C13H21ClN2. The summed E-state index contributed by atoms with van der Waals surface area (Å²) in [6.45, 7) is 8.96. The van der Waals surface area contributed by atoms with Crippen molar-refractivity contribution in [3.63, 3.8) is 0 Å². The third-order valence-corrected chi connectivity index (χ3v) is 3.46. The van der Waals surface area contributed by atoms with Crippen molar-refractivity contribution in [1.29, 1.82) is 0 Å². The summed E-state index contributed by atoms with van der Waals surface area (Å²) < 4.78 is 0. The number of aryl methyl sites for hydroxylation is 1. The molecule has 1 aromatic rings. The highest BCUT2D eigenvalue weighted by molar-refractivity contribution is 6.31. The van der Waals surface area contributed by atoms with E-state index in [9.17, 15) is 0 Å². The van der Waals surface area contributed by atoms with E-state index >= 15 is 0 Å². The third-order valence-electron chi connectivity index (χ3n) is 3.06. The van der Waals surface area contributed by atoms with Gasteiger partial charge in [-0.25, -0.2) is 0 Å². The zero-order valence-corrected chi connectivity index (χ0v) is 11.1. The van der Waals surface area contributed by atoms with E-state index < -0.39 is 0 Å². The quantitative estimate of drug-likeness (QED) is 0.858. The largest absolute Gasteiger partial charge is 0.329 e. The van der Waals surface area contributed by atoms with Crippen molar-refractivity contribution in [1.82, 2.24) is 4.90 Å². The summed E-state index contributed by atoms with van der Waals surface area (Å²) in [7, 11) is 0. The number of nitrogens with two attached hydrogens (primary N) is 1. The molecule has 16 heavy (non-hydrogen) atoms. The van der Waals surface area contributed by atoms with Crippen LogP contribution in [0, 0.1) is 6.92 Å². The van der Waals surface area contributed by atoms with Gasteiger partial charge in [-0.05, 0) is 37.2 Å². The molecule has 0 aliphatic rings. The second-order valence-corrected chi connectivity index (χ2v) is 4.39. The Morgan fingerprint density at radius 1 is 1.31 bits per heavy atom. The van der Waals surface area contributed by atoms with Crippen molar-refractivity contribution >= 4 is 11.6 Å². The Morgan fingerprint density at radius 3 is 2.38 bits per heavy atom. The maximum atomic E-state index is 6.15. The van der Waals surface area contributed by atoms with E-state index in [4.69, 9.17) is 17.3 Å². The van der Waals surface area contributed by atoms with E-state index in [0.717, 1.165) is 23.7 Å². The smallest absolute Gasteiger partial charge is 0.0470 e. The summed E-state index contributed by atoms with van der Waals surface area (Å²) in [5.41, 5.74) is 8.18. The second kappa shape index (κ2) is 6.24. The van der Waals surface area contributed by atoms with Crippen LogP contribution in [-0.2, 0) is 0 Å². The van der Waals surface area contributed by atoms with Gasteiger partial charge in [0.25, 0.3) is 0 Å². The first-order valence-electron chi connectivity index (χ1n) is 5.84. The van der Waals surface area contributed by atoms with E-state index in [-0.39, 0.29) is 6.04 Å². The van der Waals surface area contributed by atoms with Crippen LogP contribution in [0.3, 0.4) is 0 Å². The van der Waals surface area contributed by atoms with Gasteiger partial charge >= 0.3 is 0 Å². The fraction of sp³-hybridized carbons (Fsp3) is 0.538. The molecule has 1 rings (SSSR count). The minimum atomic E-state index is 0.271. The molecule has 0 heterocycles. The van der Waals surface area contributed by atoms with Crippen LogP contribution in [0.5, 0.6) is 0 Å². The molecule has 2 N–H and O–H groups in total. The van der Waals surface area contributed by atoms with Crippen LogP contribution < -0.4 is 5.73 Å². The monoisotopic (exact) mass is 240 g/mol.